The molecule has 0 saturated carbocycles. The Morgan fingerprint density at radius 3 is 1.86 bits per heavy atom. The fourth-order valence-electron chi connectivity index (χ4n) is 4.91. The van der Waals surface area contributed by atoms with Crippen molar-refractivity contribution in [3.63, 3.8) is 0 Å². The SMILES string of the molecule is COC1=CC(=O)C(O)=C(CCCCCCCC2OC2CCCCCCCc2cc(O)cc(O)c2)C1=O. The Hall–Kier alpha value is -2.80. The van der Waals surface area contributed by atoms with Gasteiger partial charge in [0.15, 0.2) is 11.5 Å². The van der Waals surface area contributed by atoms with Crippen molar-refractivity contribution >= 4 is 11.6 Å². The molecule has 1 aliphatic heterocycles. The summed E-state index contributed by atoms with van der Waals surface area (Å²) in [6.07, 6.45) is 16.2. The molecule has 36 heavy (non-hydrogen) atoms. The lowest BCUT2D eigenvalue weighted by Crippen LogP contribution is -2.20. The van der Waals surface area contributed by atoms with Crippen molar-refractivity contribution in [3.8, 4) is 11.5 Å². The smallest absolute Gasteiger partial charge is 0.227 e. The van der Waals surface area contributed by atoms with Crippen molar-refractivity contribution in [2.75, 3.05) is 7.11 Å². The Kier molecular flexibility index (Phi) is 10.9. The Balaban J connectivity index is 1.14. The summed E-state index contributed by atoms with van der Waals surface area (Å²) in [7, 11) is 1.35. The van der Waals surface area contributed by atoms with Gasteiger partial charge in [0.25, 0.3) is 0 Å². The molecule has 3 rings (SSSR count). The topological polar surface area (TPSA) is 117 Å². The minimum atomic E-state index is -0.563. The average molecular weight is 501 g/mol. The van der Waals surface area contributed by atoms with Crippen LogP contribution in [0.3, 0.4) is 0 Å². The number of aryl methyl sites for hydroxylation is 1. The molecule has 0 aromatic heterocycles. The number of hydrogen-bond donors (Lipinski definition) is 3. The Bertz CT molecular complexity index is 942. The summed E-state index contributed by atoms with van der Waals surface area (Å²) in [6, 6.07) is 4.78. The van der Waals surface area contributed by atoms with Crippen LogP contribution in [0.1, 0.15) is 89.0 Å². The van der Waals surface area contributed by atoms with Gasteiger partial charge < -0.3 is 24.8 Å². The average Bonchev–Trinajstić information content (AvgIpc) is 3.59. The van der Waals surface area contributed by atoms with Crippen LogP contribution < -0.4 is 0 Å². The highest BCUT2D eigenvalue weighted by atomic mass is 16.6. The predicted octanol–water partition coefficient (Wildman–Crippen LogP) is 5.97. The van der Waals surface area contributed by atoms with Gasteiger partial charge in [-0.25, -0.2) is 0 Å². The summed E-state index contributed by atoms with van der Waals surface area (Å²) >= 11 is 0. The van der Waals surface area contributed by atoms with E-state index in [0.29, 0.717) is 18.6 Å². The third-order valence-corrected chi connectivity index (χ3v) is 7.02. The van der Waals surface area contributed by atoms with Gasteiger partial charge in [-0.05, 0) is 56.2 Å². The van der Waals surface area contributed by atoms with Gasteiger partial charge in [0.05, 0.1) is 19.3 Å². The summed E-state index contributed by atoms with van der Waals surface area (Å²) in [5, 5.41) is 29.0. The second-order valence-corrected chi connectivity index (χ2v) is 9.92. The second-order valence-electron chi connectivity index (χ2n) is 9.92. The van der Waals surface area contributed by atoms with Gasteiger partial charge in [-0.3, -0.25) is 9.59 Å². The number of aromatic hydroxyl groups is 2. The zero-order valence-corrected chi connectivity index (χ0v) is 21.3. The van der Waals surface area contributed by atoms with Gasteiger partial charge in [0, 0.05) is 17.7 Å². The quantitative estimate of drug-likeness (QED) is 0.137. The Labute approximate surface area is 213 Å². The zero-order chi connectivity index (χ0) is 25.9. The maximum Gasteiger partial charge on any atom is 0.227 e. The molecule has 0 amide bonds. The van der Waals surface area contributed by atoms with E-state index >= 15 is 0 Å². The fourth-order valence-corrected chi connectivity index (χ4v) is 4.91. The standard InChI is InChI=1S/C29H40O7/c1-35-27-19-24(32)28(33)23(29(27)34)13-9-5-3-7-11-15-26-25(36-26)14-10-6-2-4-8-12-20-16-21(30)18-22(31)17-20/h16-19,25-26,30-31,33H,2-15H2,1H3. The number of ketones is 2. The molecule has 2 unspecified atom stereocenters. The van der Waals surface area contributed by atoms with Crippen molar-refractivity contribution < 1.29 is 34.4 Å². The van der Waals surface area contributed by atoms with Crippen molar-refractivity contribution in [1.82, 2.24) is 0 Å². The molecule has 1 aromatic rings. The fraction of sp³-hybridized carbons (Fsp3) is 0.586. The largest absolute Gasteiger partial charge is 0.508 e. The van der Waals surface area contributed by atoms with Crippen LogP contribution in [0.4, 0.5) is 0 Å². The molecule has 0 radical (unpaired) electrons. The van der Waals surface area contributed by atoms with Crippen LogP contribution >= 0.6 is 0 Å². The minimum Gasteiger partial charge on any atom is -0.508 e. The first kappa shape index (κ1) is 27.8. The molecule has 1 saturated heterocycles. The van der Waals surface area contributed by atoms with Crippen LogP contribution in [-0.2, 0) is 25.5 Å². The number of ether oxygens (including phenoxy) is 2. The van der Waals surface area contributed by atoms with E-state index in [1.807, 2.05) is 0 Å². The van der Waals surface area contributed by atoms with Crippen molar-refractivity contribution in [3.05, 3.63) is 46.9 Å². The Morgan fingerprint density at radius 2 is 1.28 bits per heavy atom. The van der Waals surface area contributed by atoms with Gasteiger partial charge >= 0.3 is 0 Å². The number of aliphatic hydroxyl groups is 1. The van der Waals surface area contributed by atoms with Crippen molar-refractivity contribution in [1.29, 1.82) is 0 Å². The molecule has 1 heterocycles. The number of rotatable bonds is 17. The number of aliphatic hydroxyl groups excluding tert-OH is 1. The lowest BCUT2D eigenvalue weighted by Gasteiger charge is -2.14. The Morgan fingerprint density at radius 1 is 0.750 bits per heavy atom. The van der Waals surface area contributed by atoms with Crippen LogP contribution in [0, 0.1) is 0 Å². The summed E-state index contributed by atoms with van der Waals surface area (Å²) in [5.74, 6) is -1.15. The van der Waals surface area contributed by atoms with Crippen LogP contribution in [0.15, 0.2) is 41.4 Å². The van der Waals surface area contributed by atoms with Crippen LogP contribution in [-0.4, -0.2) is 46.2 Å². The molecular weight excluding hydrogens is 460 g/mol. The zero-order valence-electron chi connectivity index (χ0n) is 21.3. The molecule has 2 atom stereocenters. The molecule has 0 bridgehead atoms. The number of Topliss-reactive ketones (excluding diaryl/α,β-unsaturated/α-hetero) is 1. The molecule has 3 N–H and O–H groups in total. The monoisotopic (exact) mass is 500 g/mol. The molecule has 7 heteroatoms. The number of methoxy groups -OCH3 is 1. The minimum absolute atomic E-state index is 0.00126. The highest BCUT2D eigenvalue weighted by Gasteiger charge is 2.36. The van der Waals surface area contributed by atoms with Gasteiger partial charge in [-0.15, -0.1) is 0 Å². The van der Waals surface area contributed by atoms with E-state index in [-0.39, 0.29) is 28.6 Å². The molecule has 198 valence electrons. The van der Waals surface area contributed by atoms with E-state index in [1.54, 1.807) is 12.1 Å². The lowest BCUT2D eigenvalue weighted by molar-refractivity contribution is -0.119. The van der Waals surface area contributed by atoms with Crippen molar-refractivity contribution in [2.24, 2.45) is 0 Å². The number of unbranched alkanes of at least 4 members (excludes halogenated alkanes) is 8. The predicted molar refractivity (Wildman–Crippen MR) is 137 cm³/mol. The van der Waals surface area contributed by atoms with E-state index in [2.05, 4.69) is 0 Å². The number of epoxide rings is 1. The van der Waals surface area contributed by atoms with E-state index in [9.17, 15) is 24.9 Å². The number of phenolic OH excluding ortho intramolecular Hbond substituents is 2. The second kappa shape index (κ2) is 14.1. The first-order valence-electron chi connectivity index (χ1n) is 13.3. The van der Waals surface area contributed by atoms with Gasteiger partial charge in [-0.1, -0.05) is 51.4 Å². The number of benzene rings is 1. The first-order chi connectivity index (χ1) is 17.4. The van der Waals surface area contributed by atoms with Crippen LogP contribution in [0.5, 0.6) is 11.5 Å². The van der Waals surface area contributed by atoms with E-state index in [1.165, 1.54) is 32.4 Å². The summed E-state index contributed by atoms with van der Waals surface area (Å²) in [6.45, 7) is 0. The molecule has 0 spiro atoms. The number of carbonyl (C=O) groups is 2. The number of hydrogen-bond acceptors (Lipinski definition) is 7. The maximum absolute atomic E-state index is 12.2. The maximum atomic E-state index is 12.2. The third-order valence-electron chi connectivity index (χ3n) is 7.02. The van der Waals surface area contributed by atoms with Gasteiger partial charge in [-0.2, -0.15) is 0 Å². The summed E-state index contributed by atoms with van der Waals surface area (Å²) in [5.41, 5.74) is 1.15. The number of carbonyl (C=O) groups excluding carboxylic acids is 2. The third kappa shape index (κ3) is 8.70. The normalized spacial score (nSPS) is 19.5. The van der Waals surface area contributed by atoms with E-state index in [0.717, 1.165) is 75.8 Å². The summed E-state index contributed by atoms with van der Waals surface area (Å²) < 4.78 is 10.8. The molecule has 1 aromatic carbocycles. The van der Waals surface area contributed by atoms with Crippen LogP contribution in [0.25, 0.3) is 0 Å². The highest BCUT2D eigenvalue weighted by Crippen LogP contribution is 2.32. The number of allylic oxidation sites excluding steroid dienone is 2. The van der Waals surface area contributed by atoms with E-state index in [4.69, 9.17) is 9.47 Å². The lowest BCUT2D eigenvalue weighted by atomic mass is 9.94. The number of phenols is 2. The highest BCUT2D eigenvalue weighted by molar-refractivity contribution is 6.20. The van der Waals surface area contributed by atoms with Crippen molar-refractivity contribution in [2.45, 2.75) is 102 Å². The summed E-state index contributed by atoms with van der Waals surface area (Å²) in [4.78, 5) is 24.0. The molecule has 1 fully saturated rings. The molecular formula is C29H40O7. The van der Waals surface area contributed by atoms with Crippen LogP contribution in [0.2, 0.25) is 0 Å². The molecule has 7 nitrogen and oxygen atoms in total. The van der Waals surface area contributed by atoms with Gasteiger partial charge in [0.2, 0.25) is 11.6 Å². The first-order valence-corrected chi connectivity index (χ1v) is 13.3. The van der Waals surface area contributed by atoms with E-state index < -0.39 is 11.5 Å². The molecule has 1 aliphatic carbocycles. The molecule has 2 aliphatic rings. The van der Waals surface area contributed by atoms with Gasteiger partial charge in [0.1, 0.15) is 11.5 Å².